The summed E-state index contributed by atoms with van der Waals surface area (Å²) >= 11 is 3.59. The van der Waals surface area contributed by atoms with Crippen LogP contribution in [0.25, 0.3) is 0 Å². The van der Waals surface area contributed by atoms with Crippen LogP contribution in [-0.2, 0) is 0 Å². The number of halogens is 1. The zero-order valence-electron chi connectivity index (χ0n) is 6.99. The Morgan fingerprint density at radius 2 is 2.00 bits per heavy atom. The number of hydrogen-bond donors (Lipinski definition) is 1. The summed E-state index contributed by atoms with van der Waals surface area (Å²) in [6, 6.07) is 0. The maximum Gasteiger partial charge on any atom is 0.0155 e. The fraction of sp³-hybridized carbons (Fsp3) is 1.00. The molecular weight excluding hydrogens is 190 g/mol. The summed E-state index contributed by atoms with van der Waals surface area (Å²) in [5.74, 6) is 0. The molecule has 0 bridgehead atoms. The number of alkyl halides is 1. The van der Waals surface area contributed by atoms with Gasteiger partial charge in [-0.1, -0.05) is 29.8 Å². The molecular formula is C8H18BrN. The molecule has 0 aromatic carbocycles. The van der Waals surface area contributed by atoms with E-state index in [9.17, 15) is 0 Å². The van der Waals surface area contributed by atoms with Crippen molar-refractivity contribution in [3.05, 3.63) is 0 Å². The topological polar surface area (TPSA) is 12.0 Å². The smallest absolute Gasteiger partial charge is 0.0155 e. The van der Waals surface area contributed by atoms with E-state index in [1.165, 1.54) is 19.3 Å². The summed E-state index contributed by atoms with van der Waals surface area (Å²) in [5, 5.41) is 3.37. The first-order chi connectivity index (χ1) is 4.81. The second-order valence-electron chi connectivity index (χ2n) is 2.54. The van der Waals surface area contributed by atoms with Gasteiger partial charge in [0.25, 0.3) is 0 Å². The van der Waals surface area contributed by atoms with Crippen molar-refractivity contribution in [2.75, 3.05) is 13.1 Å². The van der Waals surface area contributed by atoms with E-state index in [1.54, 1.807) is 0 Å². The predicted octanol–water partition coefficient (Wildman–Crippen LogP) is 2.55. The molecule has 0 aromatic rings. The van der Waals surface area contributed by atoms with E-state index in [0.717, 1.165) is 13.1 Å². The Bertz CT molecular complexity index is 66.3. The average molecular weight is 208 g/mol. The molecule has 2 heteroatoms. The predicted molar refractivity (Wildman–Crippen MR) is 50.8 cm³/mol. The van der Waals surface area contributed by atoms with Gasteiger partial charge in [0, 0.05) is 4.83 Å². The molecule has 1 unspecified atom stereocenters. The van der Waals surface area contributed by atoms with Gasteiger partial charge in [0.2, 0.25) is 0 Å². The highest BCUT2D eigenvalue weighted by molar-refractivity contribution is 9.09. The van der Waals surface area contributed by atoms with Crippen LogP contribution in [0.1, 0.15) is 33.1 Å². The minimum absolute atomic E-state index is 0.705. The van der Waals surface area contributed by atoms with Gasteiger partial charge >= 0.3 is 0 Å². The lowest BCUT2D eigenvalue weighted by atomic mass is 10.2. The third-order valence-corrected chi connectivity index (χ3v) is 2.61. The van der Waals surface area contributed by atoms with Crippen molar-refractivity contribution in [2.24, 2.45) is 0 Å². The Balaban J connectivity index is 2.89. The summed E-state index contributed by atoms with van der Waals surface area (Å²) in [7, 11) is 0. The maximum atomic E-state index is 3.59. The molecule has 1 atom stereocenters. The van der Waals surface area contributed by atoms with Crippen LogP contribution < -0.4 is 5.32 Å². The van der Waals surface area contributed by atoms with Crippen LogP contribution in [0, 0.1) is 0 Å². The lowest BCUT2D eigenvalue weighted by Crippen LogP contribution is -2.18. The molecule has 10 heavy (non-hydrogen) atoms. The van der Waals surface area contributed by atoms with Crippen LogP contribution >= 0.6 is 15.9 Å². The van der Waals surface area contributed by atoms with Crippen molar-refractivity contribution < 1.29 is 0 Å². The Morgan fingerprint density at radius 3 is 2.50 bits per heavy atom. The van der Waals surface area contributed by atoms with E-state index in [4.69, 9.17) is 0 Å². The molecule has 62 valence electrons. The van der Waals surface area contributed by atoms with Gasteiger partial charge in [-0.2, -0.15) is 0 Å². The summed E-state index contributed by atoms with van der Waals surface area (Å²) in [4.78, 5) is 0.705. The summed E-state index contributed by atoms with van der Waals surface area (Å²) in [6.07, 6.45) is 3.71. The van der Waals surface area contributed by atoms with Gasteiger partial charge in [0.1, 0.15) is 0 Å². The van der Waals surface area contributed by atoms with Crippen molar-refractivity contribution in [3.8, 4) is 0 Å². The first-order valence-electron chi connectivity index (χ1n) is 4.16. The van der Waals surface area contributed by atoms with E-state index < -0.39 is 0 Å². The van der Waals surface area contributed by atoms with Crippen LogP contribution in [0.5, 0.6) is 0 Å². The van der Waals surface area contributed by atoms with Gasteiger partial charge in [0.05, 0.1) is 0 Å². The molecule has 0 saturated carbocycles. The van der Waals surface area contributed by atoms with Crippen LogP contribution in [-0.4, -0.2) is 17.9 Å². The monoisotopic (exact) mass is 207 g/mol. The SMILES string of the molecule is CCCNCCC(Br)CC. The minimum Gasteiger partial charge on any atom is -0.317 e. The fourth-order valence-electron chi connectivity index (χ4n) is 0.765. The fourth-order valence-corrected chi connectivity index (χ4v) is 0.993. The van der Waals surface area contributed by atoms with Crippen molar-refractivity contribution in [1.29, 1.82) is 0 Å². The molecule has 0 fully saturated rings. The summed E-state index contributed by atoms with van der Waals surface area (Å²) in [5.41, 5.74) is 0. The summed E-state index contributed by atoms with van der Waals surface area (Å²) in [6.45, 7) is 6.71. The van der Waals surface area contributed by atoms with E-state index >= 15 is 0 Å². The molecule has 0 aliphatic carbocycles. The van der Waals surface area contributed by atoms with Gasteiger partial charge in [0.15, 0.2) is 0 Å². The van der Waals surface area contributed by atoms with E-state index in [1.807, 2.05) is 0 Å². The van der Waals surface area contributed by atoms with Gasteiger partial charge in [-0.25, -0.2) is 0 Å². The van der Waals surface area contributed by atoms with Crippen molar-refractivity contribution >= 4 is 15.9 Å². The Labute approximate surface area is 72.7 Å². The molecule has 0 radical (unpaired) electrons. The van der Waals surface area contributed by atoms with E-state index in [-0.39, 0.29) is 0 Å². The third kappa shape index (κ3) is 6.56. The first kappa shape index (κ1) is 10.4. The first-order valence-corrected chi connectivity index (χ1v) is 5.07. The van der Waals surface area contributed by atoms with Crippen LogP contribution in [0.4, 0.5) is 0 Å². The second kappa shape index (κ2) is 7.55. The van der Waals surface area contributed by atoms with E-state index in [2.05, 4.69) is 35.1 Å². The lowest BCUT2D eigenvalue weighted by Gasteiger charge is -2.06. The molecule has 0 saturated heterocycles. The van der Waals surface area contributed by atoms with Crippen LogP contribution in [0.15, 0.2) is 0 Å². The molecule has 0 aliphatic rings. The standard InChI is InChI=1S/C8H18BrN/c1-3-6-10-7-5-8(9)4-2/h8,10H,3-7H2,1-2H3. The number of nitrogens with one attached hydrogen (secondary N) is 1. The molecule has 0 spiro atoms. The highest BCUT2D eigenvalue weighted by Gasteiger charge is 1.97. The average Bonchev–Trinajstić information content (AvgIpc) is 1.98. The molecule has 1 N–H and O–H groups in total. The third-order valence-electron chi connectivity index (χ3n) is 1.50. The Kier molecular flexibility index (Phi) is 7.88. The molecule has 0 amide bonds. The van der Waals surface area contributed by atoms with Crippen molar-refractivity contribution in [2.45, 2.75) is 37.9 Å². The van der Waals surface area contributed by atoms with E-state index in [0.29, 0.717) is 4.83 Å². The maximum absolute atomic E-state index is 3.59. The highest BCUT2D eigenvalue weighted by atomic mass is 79.9. The molecule has 1 nitrogen and oxygen atoms in total. The van der Waals surface area contributed by atoms with Gasteiger partial charge in [-0.3, -0.25) is 0 Å². The quantitative estimate of drug-likeness (QED) is 0.522. The highest BCUT2D eigenvalue weighted by Crippen LogP contribution is 2.07. The lowest BCUT2D eigenvalue weighted by molar-refractivity contribution is 0.623. The van der Waals surface area contributed by atoms with Crippen molar-refractivity contribution in [3.63, 3.8) is 0 Å². The van der Waals surface area contributed by atoms with Gasteiger partial charge < -0.3 is 5.32 Å². The second-order valence-corrected chi connectivity index (χ2v) is 3.84. The Morgan fingerprint density at radius 1 is 1.30 bits per heavy atom. The minimum atomic E-state index is 0.705. The Hall–Kier alpha value is 0.440. The number of hydrogen-bond acceptors (Lipinski definition) is 1. The van der Waals surface area contributed by atoms with Crippen LogP contribution in [0.2, 0.25) is 0 Å². The van der Waals surface area contributed by atoms with Crippen molar-refractivity contribution in [1.82, 2.24) is 5.32 Å². The normalized spacial score (nSPS) is 13.5. The molecule has 0 aromatic heterocycles. The largest absolute Gasteiger partial charge is 0.317 e. The zero-order chi connectivity index (χ0) is 7.82. The van der Waals surface area contributed by atoms with Gasteiger partial charge in [-0.15, -0.1) is 0 Å². The molecule has 0 rings (SSSR count). The van der Waals surface area contributed by atoms with Gasteiger partial charge in [-0.05, 0) is 32.4 Å². The molecule has 0 aliphatic heterocycles. The zero-order valence-corrected chi connectivity index (χ0v) is 8.58. The molecule has 0 heterocycles. The summed E-state index contributed by atoms with van der Waals surface area (Å²) < 4.78 is 0. The number of rotatable bonds is 6. The van der Waals surface area contributed by atoms with Crippen LogP contribution in [0.3, 0.4) is 0 Å².